The highest BCUT2D eigenvalue weighted by Gasteiger charge is 2.39. The maximum atomic E-state index is 12.5. The Morgan fingerprint density at radius 2 is 1.73 bits per heavy atom. The van der Waals surface area contributed by atoms with Gasteiger partial charge in [-0.2, -0.15) is 0 Å². The molecule has 176 valence electrons. The quantitative estimate of drug-likeness (QED) is 0.390. The van der Waals surface area contributed by atoms with Crippen LogP contribution in [-0.2, 0) is 11.3 Å². The number of rotatable bonds is 5. The number of carbonyl (C=O) groups is 1. The first-order valence-electron chi connectivity index (χ1n) is 11.1. The van der Waals surface area contributed by atoms with E-state index in [1.807, 2.05) is 35.2 Å². The SMILES string of the molecule is COc1cc(N2CCC3(CCN(C(=O)OCc4ccccc4)CC3)CC2)c(Br)cc1[N+](=O)[O-]. The van der Waals surface area contributed by atoms with Crippen molar-refractivity contribution < 1.29 is 19.2 Å². The van der Waals surface area contributed by atoms with Crippen LogP contribution in [0.5, 0.6) is 5.75 Å². The molecule has 33 heavy (non-hydrogen) atoms. The molecule has 2 heterocycles. The molecule has 0 unspecified atom stereocenters. The molecule has 0 N–H and O–H groups in total. The van der Waals surface area contributed by atoms with Crippen molar-refractivity contribution in [1.29, 1.82) is 0 Å². The van der Waals surface area contributed by atoms with Gasteiger partial charge in [-0.05, 0) is 52.6 Å². The zero-order chi connectivity index (χ0) is 23.4. The fourth-order valence-electron chi connectivity index (χ4n) is 4.78. The van der Waals surface area contributed by atoms with Crippen molar-refractivity contribution >= 4 is 33.4 Å². The maximum absolute atomic E-state index is 12.5. The van der Waals surface area contributed by atoms with Gasteiger partial charge in [-0.15, -0.1) is 0 Å². The number of hydrogen-bond acceptors (Lipinski definition) is 6. The molecule has 1 amide bonds. The van der Waals surface area contributed by atoms with Gasteiger partial charge in [0.2, 0.25) is 0 Å². The predicted octanol–water partition coefficient (Wildman–Crippen LogP) is 5.39. The standard InChI is InChI=1S/C24H28BrN3O5/c1-32-22-16-20(19(25)15-21(22)28(30)31)26-11-7-24(8-12-26)9-13-27(14-10-24)23(29)33-17-18-5-3-2-4-6-18/h2-6,15-16H,7-14,17H2,1H3. The van der Waals surface area contributed by atoms with Gasteiger partial charge in [-0.1, -0.05) is 30.3 Å². The van der Waals surface area contributed by atoms with Crippen molar-refractivity contribution in [3.05, 3.63) is 62.6 Å². The number of amides is 1. The summed E-state index contributed by atoms with van der Waals surface area (Å²) in [6.45, 7) is 3.44. The van der Waals surface area contributed by atoms with E-state index in [1.165, 1.54) is 13.2 Å². The van der Waals surface area contributed by atoms with Crippen LogP contribution in [0.25, 0.3) is 0 Å². The number of nitro benzene ring substituents is 1. The number of nitro groups is 1. The molecular formula is C24H28BrN3O5. The summed E-state index contributed by atoms with van der Waals surface area (Å²) >= 11 is 3.50. The largest absolute Gasteiger partial charge is 0.490 e. The lowest BCUT2D eigenvalue weighted by Gasteiger charge is -2.47. The molecule has 8 nitrogen and oxygen atoms in total. The number of ether oxygens (including phenoxy) is 2. The third-order valence-corrected chi connectivity index (χ3v) is 7.53. The molecule has 9 heteroatoms. The second kappa shape index (κ2) is 9.99. The molecule has 2 aromatic carbocycles. The number of methoxy groups -OCH3 is 1. The van der Waals surface area contributed by atoms with Crippen molar-refractivity contribution in [3.8, 4) is 5.75 Å². The summed E-state index contributed by atoms with van der Waals surface area (Å²) in [7, 11) is 1.45. The van der Waals surface area contributed by atoms with E-state index in [0.29, 0.717) is 24.2 Å². The van der Waals surface area contributed by atoms with Gasteiger partial charge >= 0.3 is 11.8 Å². The summed E-state index contributed by atoms with van der Waals surface area (Å²) in [5.74, 6) is 0.265. The van der Waals surface area contributed by atoms with Gasteiger partial charge < -0.3 is 19.3 Å². The summed E-state index contributed by atoms with van der Waals surface area (Å²) < 4.78 is 11.4. The summed E-state index contributed by atoms with van der Waals surface area (Å²) in [5, 5.41) is 11.3. The molecule has 2 saturated heterocycles. The normalized spacial score (nSPS) is 17.6. The Bertz CT molecular complexity index is 999. The average Bonchev–Trinajstić information content (AvgIpc) is 2.84. The van der Waals surface area contributed by atoms with E-state index in [9.17, 15) is 14.9 Å². The zero-order valence-corrected chi connectivity index (χ0v) is 20.3. The molecule has 0 atom stereocenters. The zero-order valence-electron chi connectivity index (χ0n) is 18.7. The summed E-state index contributed by atoms with van der Waals surface area (Å²) in [4.78, 5) is 27.4. The molecular weight excluding hydrogens is 490 g/mol. The molecule has 4 rings (SSSR count). The molecule has 2 aliphatic rings. The molecule has 2 fully saturated rings. The third-order valence-electron chi connectivity index (χ3n) is 6.90. The third kappa shape index (κ3) is 5.24. The molecule has 2 aromatic rings. The van der Waals surface area contributed by atoms with Gasteiger partial charge in [0.1, 0.15) is 6.61 Å². The lowest BCUT2D eigenvalue weighted by Crippen LogP contribution is -2.48. The van der Waals surface area contributed by atoms with Gasteiger partial charge in [0.15, 0.2) is 5.75 Å². The first-order chi connectivity index (χ1) is 15.9. The molecule has 0 aliphatic carbocycles. The Kier molecular flexibility index (Phi) is 7.07. The Hall–Kier alpha value is -2.81. The van der Waals surface area contributed by atoms with Gasteiger partial charge in [0.05, 0.1) is 17.7 Å². The van der Waals surface area contributed by atoms with Crippen LogP contribution in [0.1, 0.15) is 31.2 Å². The first kappa shape index (κ1) is 23.4. The van der Waals surface area contributed by atoms with E-state index in [1.54, 1.807) is 6.07 Å². The number of carbonyl (C=O) groups excluding carboxylic acids is 1. The molecule has 0 aromatic heterocycles. The maximum Gasteiger partial charge on any atom is 0.410 e. The van der Waals surface area contributed by atoms with E-state index >= 15 is 0 Å². The fourth-order valence-corrected chi connectivity index (χ4v) is 5.36. The summed E-state index contributed by atoms with van der Waals surface area (Å²) in [6, 6.07) is 13.0. The number of anilines is 1. The number of likely N-dealkylation sites (tertiary alicyclic amines) is 1. The Morgan fingerprint density at radius 1 is 1.09 bits per heavy atom. The number of halogens is 1. The molecule has 0 saturated carbocycles. The average molecular weight is 518 g/mol. The predicted molar refractivity (Wildman–Crippen MR) is 129 cm³/mol. The minimum Gasteiger partial charge on any atom is -0.490 e. The Labute approximate surface area is 201 Å². The van der Waals surface area contributed by atoms with Gasteiger partial charge in [-0.3, -0.25) is 10.1 Å². The molecule has 0 radical (unpaired) electrons. The van der Waals surface area contributed by atoms with Crippen molar-refractivity contribution in [2.24, 2.45) is 5.41 Å². The molecule has 1 spiro atoms. The van der Waals surface area contributed by atoms with Crippen LogP contribution < -0.4 is 9.64 Å². The van der Waals surface area contributed by atoms with Gasteiger partial charge in [-0.25, -0.2) is 4.79 Å². The minimum atomic E-state index is -0.433. The van der Waals surface area contributed by atoms with E-state index in [4.69, 9.17) is 9.47 Å². The number of piperidine rings is 2. The summed E-state index contributed by atoms with van der Waals surface area (Å²) in [6.07, 6.45) is 3.73. The van der Waals surface area contributed by atoms with E-state index in [2.05, 4.69) is 20.8 Å². The topological polar surface area (TPSA) is 85.2 Å². The highest BCUT2D eigenvalue weighted by Crippen LogP contribution is 2.45. The second-order valence-electron chi connectivity index (χ2n) is 8.75. The number of benzene rings is 2. The monoisotopic (exact) mass is 517 g/mol. The van der Waals surface area contributed by atoms with Crippen LogP contribution in [0.15, 0.2) is 46.9 Å². The van der Waals surface area contributed by atoms with Gasteiger partial charge in [0.25, 0.3) is 0 Å². The van der Waals surface area contributed by atoms with Crippen LogP contribution >= 0.6 is 15.9 Å². The molecule has 2 aliphatic heterocycles. The Morgan fingerprint density at radius 3 is 2.33 bits per heavy atom. The second-order valence-corrected chi connectivity index (χ2v) is 9.60. The minimum absolute atomic E-state index is 0.0480. The lowest BCUT2D eigenvalue weighted by molar-refractivity contribution is -0.385. The fraction of sp³-hybridized carbons (Fsp3) is 0.458. The van der Waals surface area contributed by atoms with Crippen molar-refractivity contribution in [1.82, 2.24) is 4.90 Å². The number of hydrogen-bond donors (Lipinski definition) is 0. The van der Waals surface area contributed by atoms with Crippen LogP contribution in [0.3, 0.4) is 0 Å². The number of nitrogens with zero attached hydrogens (tertiary/aromatic N) is 3. The van der Waals surface area contributed by atoms with Gasteiger partial charge in [0, 0.05) is 42.8 Å². The highest BCUT2D eigenvalue weighted by atomic mass is 79.9. The van der Waals surface area contributed by atoms with Crippen LogP contribution in [0.2, 0.25) is 0 Å². The van der Waals surface area contributed by atoms with E-state index < -0.39 is 4.92 Å². The van der Waals surface area contributed by atoms with E-state index in [0.717, 1.165) is 50.0 Å². The van der Waals surface area contributed by atoms with Crippen molar-refractivity contribution in [3.63, 3.8) is 0 Å². The Balaban J connectivity index is 1.31. The van der Waals surface area contributed by atoms with Crippen molar-refractivity contribution in [2.75, 3.05) is 38.2 Å². The molecule has 0 bridgehead atoms. The van der Waals surface area contributed by atoms with Crippen LogP contribution in [0.4, 0.5) is 16.2 Å². The van der Waals surface area contributed by atoms with E-state index in [-0.39, 0.29) is 22.9 Å². The van der Waals surface area contributed by atoms with Crippen LogP contribution in [-0.4, -0.2) is 49.2 Å². The smallest absolute Gasteiger partial charge is 0.410 e. The lowest BCUT2D eigenvalue weighted by atomic mass is 9.71. The highest BCUT2D eigenvalue weighted by molar-refractivity contribution is 9.10. The van der Waals surface area contributed by atoms with Crippen molar-refractivity contribution in [2.45, 2.75) is 32.3 Å². The van der Waals surface area contributed by atoms with Crippen LogP contribution in [0, 0.1) is 15.5 Å². The first-order valence-corrected chi connectivity index (χ1v) is 11.9. The summed E-state index contributed by atoms with van der Waals surface area (Å²) in [5.41, 5.74) is 2.08.